The van der Waals surface area contributed by atoms with Crippen LogP contribution in [0.15, 0.2) is 66.7 Å². The fraction of sp³-hybridized carbons (Fsp3) is 0.280. The van der Waals surface area contributed by atoms with E-state index in [-0.39, 0.29) is 24.2 Å². The van der Waals surface area contributed by atoms with Crippen LogP contribution in [0.5, 0.6) is 5.75 Å². The zero-order valence-electron chi connectivity index (χ0n) is 17.8. The van der Waals surface area contributed by atoms with E-state index in [0.717, 1.165) is 23.9 Å². The van der Waals surface area contributed by atoms with Crippen LogP contribution in [0.2, 0.25) is 0 Å². The normalized spacial score (nSPS) is 14.3. The maximum atomic E-state index is 13.0. The minimum Gasteiger partial charge on any atom is -0.484 e. The maximum Gasteiger partial charge on any atom is 0.260 e. The molecule has 3 aromatic rings. The van der Waals surface area contributed by atoms with Gasteiger partial charge in [0.05, 0.1) is 0 Å². The second-order valence-electron chi connectivity index (χ2n) is 7.78. The molecule has 32 heavy (non-hydrogen) atoms. The van der Waals surface area contributed by atoms with Gasteiger partial charge in [0.25, 0.3) is 11.8 Å². The van der Waals surface area contributed by atoms with Gasteiger partial charge in [-0.2, -0.15) is 0 Å². The third-order valence-electron chi connectivity index (χ3n) is 5.63. The quantitative estimate of drug-likeness (QED) is 0.620. The summed E-state index contributed by atoms with van der Waals surface area (Å²) in [5, 5.41) is 5.06. The molecule has 0 radical (unpaired) electrons. The van der Waals surface area contributed by atoms with Gasteiger partial charge < -0.3 is 15.0 Å². The molecule has 1 N–H and O–H groups in total. The average molecular weight is 435 g/mol. The Hall–Kier alpha value is -3.45. The van der Waals surface area contributed by atoms with E-state index >= 15 is 0 Å². The first-order chi connectivity index (χ1) is 15.6. The molecule has 1 aliphatic heterocycles. The lowest BCUT2D eigenvalue weighted by atomic mass is 10.1. The van der Waals surface area contributed by atoms with E-state index in [4.69, 9.17) is 4.74 Å². The van der Waals surface area contributed by atoms with Crippen molar-refractivity contribution in [2.24, 2.45) is 0 Å². The standard InChI is InChI=1S/C25H26FN3O3/c26-22-8-5-20(6-9-22)25(31)27-11-12-28-13-15-29(16-14-28)24(30)18-32-23-10-7-19-3-1-2-4-21(19)17-23/h1-10,17H,11-16,18H2,(H,27,31). The zero-order valence-corrected chi connectivity index (χ0v) is 17.8. The number of carbonyl (C=O) groups is 2. The molecule has 166 valence electrons. The molecule has 3 aromatic carbocycles. The summed E-state index contributed by atoms with van der Waals surface area (Å²) in [5.41, 5.74) is 0.438. The van der Waals surface area contributed by atoms with Crippen LogP contribution >= 0.6 is 0 Å². The summed E-state index contributed by atoms with van der Waals surface area (Å²) in [5.74, 6) is 0.0799. The molecule has 2 amide bonds. The number of nitrogens with zero attached hydrogens (tertiary/aromatic N) is 2. The van der Waals surface area contributed by atoms with Crippen LogP contribution in [0, 0.1) is 5.82 Å². The molecular formula is C25H26FN3O3. The van der Waals surface area contributed by atoms with Crippen molar-refractivity contribution in [1.29, 1.82) is 0 Å². The molecule has 4 rings (SSSR count). The van der Waals surface area contributed by atoms with Gasteiger partial charge in [-0.15, -0.1) is 0 Å². The smallest absolute Gasteiger partial charge is 0.260 e. The number of ether oxygens (including phenoxy) is 1. The summed E-state index contributed by atoms with van der Waals surface area (Å²) >= 11 is 0. The second kappa shape index (κ2) is 10.2. The Morgan fingerprint density at radius 3 is 2.38 bits per heavy atom. The van der Waals surface area contributed by atoms with Crippen LogP contribution in [-0.2, 0) is 4.79 Å². The number of rotatable bonds is 7. The molecule has 0 spiro atoms. The number of amides is 2. The molecule has 1 fully saturated rings. The van der Waals surface area contributed by atoms with Crippen molar-refractivity contribution in [1.82, 2.24) is 15.1 Å². The molecule has 0 aliphatic carbocycles. The number of hydrogen-bond acceptors (Lipinski definition) is 4. The van der Waals surface area contributed by atoms with Crippen molar-refractivity contribution in [2.75, 3.05) is 45.9 Å². The Kier molecular flexibility index (Phi) is 6.97. The van der Waals surface area contributed by atoms with E-state index in [1.807, 2.05) is 47.4 Å². The van der Waals surface area contributed by atoms with E-state index in [0.29, 0.717) is 37.5 Å². The maximum absolute atomic E-state index is 13.0. The second-order valence-corrected chi connectivity index (χ2v) is 7.78. The molecule has 1 saturated heterocycles. The van der Waals surface area contributed by atoms with Crippen LogP contribution in [0.4, 0.5) is 4.39 Å². The summed E-state index contributed by atoms with van der Waals surface area (Å²) < 4.78 is 18.7. The lowest BCUT2D eigenvalue weighted by Crippen LogP contribution is -2.51. The summed E-state index contributed by atoms with van der Waals surface area (Å²) in [6.07, 6.45) is 0. The van der Waals surface area contributed by atoms with Gasteiger partial charge in [0.1, 0.15) is 11.6 Å². The number of halogens is 1. The van der Waals surface area contributed by atoms with Gasteiger partial charge in [0.2, 0.25) is 0 Å². The van der Waals surface area contributed by atoms with Crippen molar-refractivity contribution in [2.45, 2.75) is 0 Å². The number of benzene rings is 3. The van der Waals surface area contributed by atoms with Gasteiger partial charge in [-0.05, 0) is 47.2 Å². The highest BCUT2D eigenvalue weighted by Gasteiger charge is 2.21. The Morgan fingerprint density at radius 2 is 1.62 bits per heavy atom. The lowest BCUT2D eigenvalue weighted by Gasteiger charge is -2.34. The predicted molar refractivity (Wildman–Crippen MR) is 121 cm³/mol. The van der Waals surface area contributed by atoms with Crippen LogP contribution in [0.3, 0.4) is 0 Å². The summed E-state index contributed by atoms with van der Waals surface area (Å²) in [7, 11) is 0. The van der Waals surface area contributed by atoms with Crippen molar-refractivity contribution < 1.29 is 18.7 Å². The van der Waals surface area contributed by atoms with E-state index in [1.54, 1.807) is 0 Å². The summed E-state index contributed by atoms with van der Waals surface area (Å²) in [6, 6.07) is 19.3. The van der Waals surface area contributed by atoms with Crippen LogP contribution in [-0.4, -0.2) is 67.5 Å². The number of carbonyl (C=O) groups excluding carboxylic acids is 2. The number of hydrogen-bond donors (Lipinski definition) is 1. The fourth-order valence-electron chi connectivity index (χ4n) is 3.75. The van der Waals surface area contributed by atoms with Gasteiger partial charge in [-0.1, -0.05) is 30.3 Å². The molecular weight excluding hydrogens is 409 g/mol. The van der Waals surface area contributed by atoms with Crippen LogP contribution < -0.4 is 10.1 Å². The third kappa shape index (κ3) is 5.62. The van der Waals surface area contributed by atoms with Crippen molar-refractivity contribution in [3.63, 3.8) is 0 Å². The molecule has 0 bridgehead atoms. The Labute approximate surface area is 186 Å². The molecule has 6 nitrogen and oxygen atoms in total. The predicted octanol–water partition coefficient (Wildman–Crippen LogP) is 2.93. The molecule has 0 saturated carbocycles. The molecule has 0 atom stereocenters. The Balaban J connectivity index is 1.16. The molecule has 1 aliphatic rings. The molecule has 1 heterocycles. The van der Waals surface area contributed by atoms with Gasteiger partial charge in [-0.3, -0.25) is 14.5 Å². The minimum absolute atomic E-state index is 0.0199. The first-order valence-electron chi connectivity index (χ1n) is 10.7. The van der Waals surface area contributed by atoms with E-state index < -0.39 is 0 Å². The van der Waals surface area contributed by atoms with E-state index in [1.165, 1.54) is 24.3 Å². The number of piperazine rings is 1. The van der Waals surface area contributed by atoms with Gasteiger partial charge in [0.15, 0.2) is 6.61 Å². The average Bonchev–Trinajstić information content (AvgIpc) is 2.83. The van der Waals surface area contributed by atoms with E-state index in [9.17, 15) is 14.0 Å². The topological polar surface area (TPSA) is 61.9 Å². The lowest BCUT2D eigenvalue weighted by molar-refractivity contribution is -0.135. The number of fused-ring (bicyclic) bond motifs is 1. The summed E-state index contributed by atoms with van der Waals surface area (Å²) in [6.45, 7) is 3.96. The van der Waals surface area contributed by atoms with Crippen molar-refractivity contribution >= 4 is 22.6 Å². The minimum atomic E-state index is -0.364. The van der Waals surface area contributed by atoms with Gasteiger partial charge in [0, 0.05) is 44.8 Å². The first-order valence-corrected chi connectivity index (χ1v) is 10.7. The molecule has 7 heteroatoms. The summed E-state index contributed by atoms with van der Waals surface area (Å²) in [4.78, 5) is 28.6. The van der Waals surface area contributed by atoms with Crippen LogP contribution in [0.25, 0.3) is 10.8 Å². The van der Waals surface area contributed by atoms with Gasteiger partial charge >= 0.3 is 0 Å². The van der Waals surface area contributed by atoms with E-state index in [2.05, 4.69) is 10.2 Å². The SMILES string of the molecule is O=C(NCCN1CCN(C(=O)COc2ccc3ccccc3c2)CC1)c1ccc(F)cc1. The number of nitrogens with one attached hydrogen (secondary N) is 1. The third-order valence-corrected chi connectivity index (χ3v) is 5.63. The zero-order chi connectivity index (χ0) is 22.3. The Bertz CT molecular complexity index is 1080. The first kappa shape index (κ1) is 21.8. The largest absolute Gasteiger partial charge is 0.484 e. The highest BCUT2D eigenvalue weighted by atomic mass is 19.1. The molecule has 0 unspecified atom stereocenters. The Morgan fingerprint density at radius 1 is 0.906 bits per heavy atom. The monoisotopic (exact) mass is 435 g/mol. The van der Waals surface area contributed by atoms with Crippen molar-refractivity contribution in [3.8, 4) is 5.75 Å². The highest BCUT2D eigenvalue weighted by molar-refractivity contribution is 5.94. The molecule has 0 aromatic heterocycles. The highest BCUT2D eigenvalue weighted by Crippen LogP contribution is 2.20. The van der Waals surface area contributed by atoms with Crippen LogP contribution in [0.1, 0.15) is 10.4 Å². The van der Waals surface area contributed by atoms with Crippen molar-refractivity contribution in [3.05, 3.63) is 78.1 Å². The van der Waals surface area contributed by atoms with Gasteiger partial charge in [-0.25, -0.2) is 4.39 Å². The fourth-order valence-corrected chi connectivity index (χ4v) is 3.75.